The number of carbonyl (C=O) groups excluding carboxylic acids is 2. The van der Waals surface area contributed by atoms with Crippen LogP contribution in [0.4, 0.5) is 9.18 Å². The Kier molecular flexibility index (Phi) is 7.26. The monoisotopic (exact) mass is 418 g/mol. The van der Waals surface area contributed by atoms with Crippen molar-refractivity contribution in [1.82, 2.24) is 20.2 Å². The largest absolute Gasteiger partial charge is 0.497 e. The van der Waals surface area contributed by atoms with Crippen LogP contribution >= 0.6 is 0 Å². The Morgan fingerprint density at radius 1 is 1.30 bits per heavy atom. The number of nitrogens with zero attached hydrogens (tertiary/aromatic N) is 2. The molecule has 0 spiro atoms. The van der Waals surface area contributed by atoms with Gasteiger partial charge in [0.05, 0.1) is 26.2 Å². The number of esters is 1. The summed E-state index contributed by atoms with van der Waals surface area (Å²) in [6, 6.07) is 3.74. The lowest BCUT2D eigenvalue weighted by Gasteiger charge is -2.35. The van der Waals surface area contributed by atoms with Gasteiger partial charge in [0.2, 0.25) is 0 Å². The lowest BCUT2D eigenvalue weighted by Crippen LogP contribution is -2.46. The molecule has 2 amide bonds. The fourth-order valence-corrected chi connectivity index (χ4v) is 3.64. The number of aromatic nitrogens is 2. The molecular formula is C21H27FN4O4. The molecule has 0 radical (unpaired) electrons. The summed E-state index contributed by atoms with van der Waals surface area (Å²) in [5, 5.41) is 2.90. The van der Waals surface area contributed by atoms with Crippen molar-refractivity contribution in [3.63, 3.8) is 0 Å². The summed E-state index contributed by atoms with van der Waals surface area (Å²) >= 11 is 0. The van der Waals surface area contributed by atoms with Crippen LogP contribution in [0.1, 0.15) is 48.7 Å². The highest BCUT2D eigenvalue weighted by Crippen LogP contribution is 2.35. The van der Waals surface area contributed by atoms with Crippen molar-refractivity contribution in [2.75, 3.05) is 27.3 Å². The number of carbonyl (C=O) groups is 2. The Morgan fingerprint density at radius 3 is 2.87 bits per heavy atom. The number of imidazole rings is 1. The first-order valence-electron chi connectivity index (χ1n) is 10.0. The highest BCUT2D eigenvalue weighted by molar-refractivity contribution is 5.75. The van der Waals surface area contributed by atoms with E-state index in [0.717, 1.165) is 18.5 Å². The third-order valence-corrected chi connectivity index (χ3v) is 5.25. The molecule has 0 fully saturated rings. The van der Waals surface area contributed by atoms with Crippen molar-refractivity contribution in [2.24, 2.45) is 0 Å². The fourth-order valence-electron chi connectivity index (χ4n) is 3.64. The van der Waals surface area contributed by atoms with Crippen LogP contribution in [0.5, 0.6) is 5.75 Å². The van der Waals surface area contributed by atoms with Gasteiger partial charge in [-0.1, -0.05) is 6.42 Å². The van der Waals surface area contributed by atoms with Gasteiger partial charge < -0.3 is 24.7 Å². The summed E-state index contributed by atoms with van der Waals surface area (Å²) < 4.78 is 24.5. The molecule has 0 saturated heterocycles. The molecule has 30 heavy (non-hydrogen) atoms. The summed E-state index contributed by atoms with van der Waals surface area (Å²) in [5.41, 5.74) is 1.93. The van der Waals surface area contributed by atoms with Gasteiger partial charge in [0.1, 0.15) is 17.6 Å². The highest BCUT2D eigenvalue weighted by atomic mass is 19.1. The minimum absolute atomic E-state index is 0.230. The van der Waals surface area contributed by atoms with Gasteiger partial charge in [0.15, 0.2) is 0 Å². The van der Waals surface area contributed by atoms with E-state index in [1.807, 2.05) is 0 Å². The van der Waals surface area contributed by atoms with E-state index in [1.165, 1.54) is 20.3 Å². The quantitative estimate of drug-likeness (QED) is 0.508. The van der Waals surface area contributed by atoms with Crippen LogP contribution in [0.25, 0.3) is 0 Å². The number of benzene rings is 1. The van der Waals surface area contributed by atoms with Crippen LogP contribution < -0.4 is 10.1 Å². The van der Waals surface area contributed by atoms with E-state index in [-0.39, 0.29) is 12.0 Å². The van der Waals surface area contributed by atoms with Crippen molar-refractivity contribution in [3.05, 3.63) is 47.3 Å². The molecule has 0 saturated carbocycles. The number of unbranched alkanes of at least 4 members (excludes halogenated alkanes) is 2. The molecule has 1 aliphatic rings. The first kappa shape index (κ1) is 21.6. The van der Waals surface area contributed by atoms with Gasteiger partial charge in [-0.05, 0) is 25.0 Å². The maximum absolute atomic E-state index is 14.8. The molecular weight excluding hydrogens is 391 g/mol. The minimum Gasteiger partial charge on any atom is -0.497 e. The topological polar surface area (TPSA) is 96.6 Å². The number of H-pyrrole nitrogens is 1. The lowest BCUT2D eigenvalue weighted by molar-refractivity contribution is -0.140. The van der Waals surface area contributed by atoms with Crippen molar-refractivity contribution < 1.29 is 23.5 Å². The number of hydrogen-bond donors (Lipinski definition) is 2. The molecule has 1 aliphatic heterocycles. The maximum Gasteiger partial charge on any atom is 0.318 e. The minimum atomic E-state index is -0.620. The Bertz CT molecular complexity index is 886. The number of fused-ring (bicyclic) bond motifs is 1. The Hall–Kier alpha value is -3.10. The van der Waals surface area contributed by atoms with Crippen LogP contribution in [-0.2, 0) is 16.0 Å². The molecule has 9 heteroatoms. The van der Waals surface area contributed by atoms with E-state index >= 15 is 0 Å². The molecule has 162 valence electrons. The second kappa shape index (κ2) is 10.1. The number of urea groups is 1. The molecule has 2 heterocycles. The third-order valence-electron chi connectivity index (χ3n) is 5.25. The van der Waals surface area contributed by atoms with Gasteiger partial charge in [0.25, 0.3) is 0 Å². The smallest absolute Gasteiger partial charge is 0.318 e. The van der Waals surface area contributed by atoms with Crippen molar-refractivity contribution >= 4 is 12.0 Å². The molecule has 1 atom stereocenters. The van der Waals surface area contributed by atoms with Gasteiger partial charge in [-0.3, -0.25) is 4.79 Å². The number of nitrogens with one attached hydrogen (secondary N) is 2. The summed E-state index contributed by atoms with van der Waals surface area (Å²) in [5.74, 6) is -0.264. The zero-order valence-corrected chi connectivity index (χ0v) is 17.2. The van der Waals surface area contributed by atoms with Crippen LogP contribution in [0.3, 0.4) is 0 Å². The zero-order chi connectivity index (χ0) is 21.5. The molecule has 3 rings (SSSR count). The number of hydrogen-bond acceptors (Lipinski definition) is 5. The van der Waals surface area contributed by atoms with Crippen LogP contribution in [-0.4, -0.2) is 54.2 Å². The predicted octanol–water partition coefficient (Wildman–Crippen LogP) is 2.95. The standard InChI is InChI=1S/C21H27FN4O4/c1-29-14-7-8-15(16(22)12-14)20-19-17(24-13-25-19)9-11-26(20)21(28)23-10-5-3-4-6-18(27)30-2/h7-8,12-13,20H,3-6,9-11H2,1-2H3,(H,23,28)(H,24,25)/t20-/m0/s1. The van der Waals surface area contributed by atoms with E-state index in [4.69, 9.17) is 4.74 Å². The summed E-state index contributed by atoms with van der Waals surface area (Å²) in [7, 11) is 2.85. The second-order valence-electron chi connectivity index (χ2n) is 7.12. The average Bonchev–Trinajstić information content (AvgIpc) is 3.24. The highest BCUT2D eigenvalue weighted by Gasteiger charge is 2.35. The number of ether oxygens (including phenoxy) is 2. The number of amides is 2. The van der Waals surface area contributed by atoms with Crippen LogP contribution in [0.2, 0.25) is 0 Å². The van der Waals surface area contributed by atoms with Gasteiger partial charge >= 0.3 is 12.0 Å². The first-order chi connectivity index (χ1) is 14.5. The third kappa shape index (κ3) is 4.90. The zero-order valence-electron chi connectivity index (χ0n) is 17.2. The molecule has 1 aromatic heterocycles. The first-order valence-corrected chi connectivity index (χ1v) is 10.0. The summed E-state index contributed by atoms with van der Waals surface area (Å²) in [6.45, 7) is 0.918. The molecule has 2 N–H and O–H groups in total. The number of aromatic amines is 1. The molecule has 0 unspecified atom stereocenters. The van der Waals surface area contributed by atoms with E-state index in [2.05, 4.69) is 20.0 Å². The maximum atomic E-state index is 14.8. The summed E-state index contributed by atoms with van der Waals surface area (Å²) in [6.07, 6.45) is 4.82. The van der Waals surface area contributed by atoms with E-state index in [9.17, 15) is 14.0 Å². The van der Waals surface area contributed by atoms with E-state index in [1.54, 1.807) is 23.4 Å². The Labute approximate surface area is 174 Å². The molecule has 0 aliphatic carbocycles. The molecule has 0 bridgehead atoms. The van der Waals surface area contributed by atoms with E-state index in [0.29, 0.717) is 49.4 Å². The van der Waals surface area contributed by atoms with Crippen molar-refractivity contribution in [3.8, 4) is 5.75 Å². The van der Waals surface area contributed by atoms with Gasteiger partial charge in [-0.2, -0.15) is 0 Å². The second-order valence-corrected chi connectivity index (χ2v) is 7.12. The normalized spacial score (nSPS) is 15.4. The number of methoxy groups -OCH3 is 2. The average molecular weight is 418 g/mol. The SMILES string of the molecule is COC(=O)CCCCCNC(=O)N1CCc2[nH]cnc2[C@@H]1c1ccc(OC)cc1F. The fraction of sp³-hybridized carbons (Fsp3) is 0.476. The Balaban J connectivity index is 1.67. The molecule has 8 nitrogen and oxygen atoms in total. The van der Waals surface area contributed by atoms with Crippen molar-refractivity contribution in [2.45, 2.75) is 38.1 Å². The lowest BCUT2D eigenvalue weighted by atomic mass is 9.95. The van der Waals surface area contributed by atoms with E-state index < -0.39 is 11.9 Å². The van der Waals surface area contributed by atoms with Crippen LogP contribution in [0.15, 0.2) is 24.5 Å². The molecule has 1 aromatic carbocycles. The molecule has 2 aromatic rings. The summed E-state index contributed by atoms with van der Waals surface area (Å²) in [4.78, 5) is 33.1. The predicted molar refractivity (Wildman–Crippen MR) is 108 cm³/mol. The van der Waals surface area contributed by atoms with Crippen LogP contribution in [0, 0.1) is 5.82 Å². The van der Waals surface area contributed by atoms with Gasteiger partial charge in [-0.25, -0.2) is 14.2 Å². The van der Waals surface area contributed by atoms with Gasteiger partial charge in [0, 0.05) is 43.3 Å². The Morgan fingerprint density at radius 2 is 2.13 bits per heavy atom. The number of rotatable bonds is 8. The van der Waals surface area contributed by atoms with Gasteiger partial charge in [-0.15, -0.1) is 0 Å². The number of halogens is 1. The van der Waals surface area contributed by atoms with Crippen molar-refractivity contribution in [1.29, 1.82) is 0 Å².